The number of carbonyl (C=O) groups is 1. The number of hydrogen-bond acceptors (Lipinski definition) is 5. The maximum absolute atomic E-state index is 11.9. The van der Waals surface area contributed by atoms with Crippen LogP contribution in [0, 0.1) is 0 Å². The number of nitrogens with zero attached hydrogens (tertiary/aromatic N) is 1. The number of hydrogen-bond donors (Lipinski definition) is 1. The topological polar surface area (TPSA) is 89.7 Å². The summed E-state index contributed by atoms with van der Waals surface area (Å²) in [6.45, 7) is 6.01. The van der Waals surface area contributed by atoms with E-state index in [-0.39, 0.29) is 18.8 Å². The molecule has 1 aliphatic rings. The predicted molar refractivity (Wildman–Crippen MR) is 69.1 cm³/mol. The average molecular weight is 278 g/mol. The first-order valence-corrected chi connectivity index (χ1v) is 7.77. The Kier molecular flexibility index (Phi) is 4.61. The lowest BCUT2D eigenvalue weighted by molar-refractivity contribution is 0.0253. The van der Waals surface area contributed by atoms with Crippen molar-refractivity contribution in [2.45, 2.75) is 38.0 Å². The second-order valence-corrected chi connectivity index (χ2v) is 7.89. The molecule has 6 nitrogen and oxygen atoms in total. The van der Waals surface area contributed by atoms with Crippen molar-refractivity contribution in [1.29, 1.82) is 0 Å². The van der Waals surface area contributed by atoms with Gasteiger partial charge in [0.15, 0.2) is 9.84 Å². The van der Waals surface area contributed by atoms with E-state index in [1.807, 2.05) is 0 Å². The molecule has 18 heavy (non-hydrogen) atoms. The van der Waals surface area contributed by atoms with Crippen molar-refractivity contribution in [2.75, 3.05) is 25.4 Å². The van der Waals surface area contributed by atoms with E-state index in [4.69, 9.17) is 10.5 Å². The summed E-state index contributed by atoms with van der Waals surface area (Å²) in [5, 5.41) is -0.566. The molecule has 0 aromatic rings. The Morgan fingerprint density at radius 3 is 2.56 bits per heavy atom. The molecule has 0 radical (unpaired) electrons. The molecule has 0 aromatic heterocycles. The van der Waals surface area contributed by atoms with E-state index < -0.39 is 26.8 Å². The summed E-state index contributed by atoms with van der Waals surface area (Å²) in [6, 6.07) is 0. The first-order valence-electron chi connectivity index (χ1n) is 6.05. The molecule has 0 aromatic carbocycles. The lowest BCUT2D eigenvalue weighted by Crippen LogP contribution is -2.51. The molecule has 1 fully saturated rings. The average Bonchev–Trinajstić information content (AvgIpc) is 2.18. The highest BCUT2D eigenvalue weighted by atomic mass is 32.2. The van der Waals surface area contributed by atoms with Crippen molar-refractivity contribution < 1.29 is 17.9 Å². The van der Waals surface area contributed by atoms with Crippen LogP contribution in [0.4, 0.5) is 4.79 Å². The molecule has 1 rings (SSSR count). The third kappa shape index (κ3) is 4.13. The van der Waals surface area contributed by atoms with Crippen molar-refractivity contribution in [3.8, 4) is 0 Å². The van der Waals surface area contributed by atoms with Crippen LogP contribution in [-0.2, 0) is 14.6 Å². The SMILES string of the molecule is CC(C)(C)OC(=O)N1CCS(=O)(=O)C(CCN)C1. The normalized spacial score (nSPS) is 23.8. The summed E-state index contributed by atoms with van der Waals surface area (Å²) < 4.78 is 28.8. The summed E-state index contributed by atoms with van der Waals surface area (Å²) in [4.78, 5) is 13.3. The maximum atomic E-state index is 11.9. The van der Waals surface area contributed by atoms with Gasteiger partial charge in [0.2, 0.25) is 0 Å². The minimum Gasteiger partial charge on any atom is -0.444 e. The van der Waals surface area contributed by atoms with Gasteiger partial charge in [0.05, 0.1) is 11.0 Å². The second kappa shape index (κ2) is 5.44. The third-order valence-corrected chi connectivity index (χ3v) is 4.87. The van der Waals surface area contributed by atoms with Gasteiger partial charge in [-0.15, -0.1) is 0 Å². The van der Waals surface area contributed by atoms with Crippen LogP contribution >= 0.6 is 0 Å². The first-order chi connectivity index (χ1) is 8.15. The van der Waals surface area contributed by atoms with Crippen LogP contribution in [0.5, 0.6) is 0 Å². The van der Waals surface area contributed by atoms with Gasteiger partial charge in [0, 0.05) is 13.1 Å². The maximum Gasteiger partial charge on any atom is 0.410 e. The zero-order chi connectivity index (χ0) is 14.0. The van der Waals surface area contributed by atoms with Crippen molar-refractivity contribution >= 4 is 15.9 Å². The number of amides is 1. The molecular formula is C11H22N2O4S. The van der Waals surface area contributed by atoms with Gasteiger partial charge in [-0.2, -0.15) is 0 Å². The standard InChI is InChI=1S/C11H22N2O4S/c1-11(2,3)17-10(14)13-6-7-18(15,16)9(8-13)4-5-12/h9H,4-8,12H2,1-3H3. The molecule has 1 heterocycles. The number of rotatable bonds is 2. The van der Waals surface area contributed by atoms with Crippen LogP contribution in [0.25, 0.3) is 0 Å². The molecule has 106 valence electrons. The van der Waals surface area contributed by atoms with Gasteiger partial charge in [-0.05, 0) is 33.7 Å². The molecule has 1 aliphatic heterocycles. The van der Waals surface area contributed by atoms with E-state index in [2.05, 4.69) is 0 Å². The Labute approximate surface area is 108 Å². The zero-order valence-electron chi connectivity index (χ0n) is 11.2. The summed E-state index contributed by atoms with van der Waals surface area (Å²) >= 11 is 0. The molecule has 0 saturated carbocycles. The van der Waals surface area contributed by atoms with Crippen LogP contribution in [-0.4, -0.2) is 55.6 Å². The Bertz CT molecular complexity index is 400. The van der Waals surface area contributed by atoms with Crippen LogP contribution in [0.15, 0.2) is 0 Å². The second-order valence-electron chi connectivity index (χ2n) is 5.49. The predicted octanol–water partition coefficient (Wildman–Crippen LogP) is 0.369. The number of carbonyl (C=O) groups excluding carboxylic acids is 1. The Balaban J connectivity index is 2.69. The molecule has 2 N–H and O–H groups in total. The Hall–Kier alpha value is -0.820. The van der Waals surface area contributed by atoms with E-state index in [1.165, 1.54) is 4.90 Å². The fourth-order valence-corrected chi connectivity index (χ4v) is 3.51. The molecule has 1 amide bonds. The largest absolute Gasteiger partial charge is 0.444 e. The van der Waals surface area contributed by atoms with Crippen molar-refractivity contribution in [1.82, 2.24) is 4.90 Å². The van der Waals surface area contributed by atoms with Gasteiger partial charge in [0.25, 0.3) is 0 Å². The lowest BCUT2D eigenvalue weighted by atomic mass is 10.2. The highest BCUT2D eigenvalue weighted by Gasteiger charge is 2.35. The molecule has 7 heteroatoms. The van der Waals surface area contributed by atoms with E-state index in [0.717, 1.165) is 0 Å². The minimum atomic E-state index is -3.13. The van der Waals surface area contributed by atoms with Crippen molar-refractivity contribution in [3.05, 3.63) is 0 Å². The number of ether oxygens (including phenoxy) is 1. The fourth-order valence-electron chi connectivity index (χ4n) is 1.80. The first kappa shape index (κ1) is 15.2. The fraction of sp³-hybridized carbons (Fsp3) is 0.909. The molecule has 1 saturated heterocycles. The molecule has 0 aliphatic carbocycles. The van der Waals surface area contributed by atoms with Crippen LogP contribution in [0.1, 0.15) is 27.2 Å². The van der Waals surface area contributed by atoms with Crippen LogP contribution < -0.4 is 5.73 Å². The molecule has 0 bridgehead atoms. The summed E-state index contributed by atoms with van der Waals surface area (Å²) in [5.41, 5.74) is 4.83. The van der Waals surface area contributed by atoms with Gasteiger partial charge in [-0.3, -0.25) is 0 Å². The van der Waals surface area contributed by atoms with Crippen molar-refractivity contribution in [3.63, 3.8) is 0 Å². The lowest BCUT2D eigenvalue weighted by Gasteiger charge is -2.33. The monoisotopic (exact) mass is 278 g/mol. The number of nitrogens with two attached hydrogens (primary N) is 1. The quantitative estimate of drug-likeness (QED) is 0.788. The molecule has 1 atom stereocenters. The third-order valence-electron chi connectivity index (χ3n) is 2.72. The van der Waals surface area contributed by atoms with E-state index in [9.17, 15) is 13.2 Å². The van der Waals surface area contributed by atoms with Crippen molar-refractivity contribution in [2.24, 2.45) is 5.73 Å². The zero-order valence-corrected chi connectivity index (χ0v) is 12.0. The molecule has 0 spiro atoms. The highest BCUT2D eigenvalue weighted by molar-refractivity contribution is 7.92. The Morgan fingerprint density at radius 1 is 1.44 bits per heavy atom. The molecular weight excluding hydrogens is 256 g/mol. The Morgan fingerprint density at radius 2 is 2.06 bits per heavy atom. The van der Waals surface area contributed by atoms with Gasteiger partial charge in [0.1, 0.15) is 5.60 Å². The van der Waals surface area contributed by atoms with Gasteiger partial charge in [-0.25, -0.2) is 13.2 Å². The summed E-state index contributed by atoms with van der Waals surface area (Å²) in [7, 11) is -3.13. The smallest absolute Gasteiger partial charge is 0.410 e. The van der Waals surface area contributed by atoms with Gasteiger partial charge >= 0.3 is 6.09 Å². The highest BCUT2D eigenvalue weighted by Crippen LogP contribution is 2.18. The summed E-state index contributed by atoms with van der Waals surface area (Å²) in [5.74, 6) is -0.0170. The van der Waals surface area contributed by atoms with E-state index in [1.54, 1.807) is 20.8 Å². The van der Waals surface area contributed by atoms with Crippen LogP contribution in [0.2, 0.25) is 0 Å². The number of sulfone groups is 1. The summed E-state index contributed by atoms with van der Waals surface area (Å²) in [6.07, 6.45) is -0.0823. The molecule has 1 unspecified atom stereocenters. The van der Waals surface area contributed by atoms with Gasteiger partial charge in [-0.1, -0.05) is 0 Å². The van der Waals surface area contributed by atoms with E-state index in [0.29, 0.717) is 13.0 Å². The van der Waals surface area contributed by atoms with Crippen LogP contribution in [0.3, 0.4) is 0 Å². The van der Waals surface area contributed by atoms with E-state index >= 15 is 0 Å². The minimum absolute atomic E-state index is 0.0170. The van der Waals surface area contributed by atoms with Gasteiger partial charge < -0.3 is 15.4 Å².